The number of rotatable bonds is 3. The van der Waals surface area contributed by atoms with Gasteiger partial charge in [-0.05, 0) is 24.6 Å². The fraction of sp³-hybridized carbons (Fsp3) is 0.235. The minimum Gasteiger partial charge on any atom is -0.370 e. The molecule has 1 amide bonds. The summed E-state index contributed by atoms with van der Waals surface area (Å²) in [4.78, 5) is 18.4. The van der Waals surface area contributed by atoms with Gasteiger partial charge in [0.05, 0.1) is 27.9 Å². The Morgan fingerprint density at radius 2 is 2.22 bits per heavy atom. The van der Waals surface area contributed by atoms with E-state index < -0.39 is 0 Å². The first-order valence-corrected chi connectivity index (χ1v) is 7.71. The van der Waals surface area contributed by atoms with Gasteiger partial charge in [-0.15, -0.1) is 0 Å². The summed E-state index contributed by atoms with van der Waals surface area (Å²) in [6, 6.07) is 11.3. The zero-order valence-corrected chi connectivity index (χ0v) is 13.1. The topological polar surface area (TPSA) is 69.0 Å². The lowest BCUT2D eigenvalue weighted by Gasteiger charge is -2.19. The van der Waals surface area contributed by atoms with Crippen molar-refractivity contribution in [3.05, 3.63) is 53.3 Å². The van der Waals surface area contributed by atoms with E-state index in [0.717, 1.165) is 18.7 Å². The molecule has 1 fully saturated rings. The van der Waals surface area contributed by atoms with Crippen LogP contribution in [0.1, 0.15) is 12.0 Å². The Labute approximate surface area is 139 Å². The number of benzene rings is 1. The Bertz CT molecular complexity index is 771. The number of para-hydroxylation sites is 1. The summed E-state index contributed by atoms with van der Waals surface area (Å²) >= 11 is 6.22. The van der Waals surface area contributed by atoms with Crippen molar-refractivity contribution in [3.63, 3.8) is 0 Å². The van der Waals surface area contributed by atoms with Crippen LogP contribution in [0, 0.1) is 17.2 Å². The molecule has 1 aromatic carbocycles. The fourth-order valence-corrected chi connectivity index (χ4v) is 2.98. The Morgan fingerprint density at radius 1 is 1.39 bits per heavy atom. The number of nitrogens with zero attached hydrogens (tertiary/aromatic N) is 3. The van der Waals surface area contributed by atoms with Gasteiger partial charge >= 0.3 is 0 Å². The molecule has 0 bridgehead atoms. The lowest BCUT2D eigenvalue weighted by molar-refractivity contribution is -0.119. The number of anilines is 2. The first-order valence-electron chi connectivity index (χ1n) is 7.33. The van der Waals surface area contributed by atoms with Gasteiger partial charge in [-0.25, -0.2) is 0 Å². The zero-order valence-electron chi connectivity index (χ0n) is 12.4. The van der Waals surface area contributed by atoms with E-state index in [-0.39, 0.29) is 11.8 Å². The van der Waals surface area contributed by atoms with E-state index in [1.807, 2.05) is 30.3 Å². The summed E-state index contributed by atoms with van der Waals surface area (Å²) in [5.74, 6) is -0.215. The summed E-state index contributed by atoms with van der Waals surface area (Å²) in [5.41, 5.74) is 1.82. The van der Waals surface area contributed by atoms with E-state index in [2.05, 4.69) is 15.2 Å². The smallest absolute Gasteiger partial charge is 0.229 e. The van der Waals surface area contributed by atoms with Crippen molar-refractivity contribution in [1.82, 2.24) is 4.98 Å². The maximum atomic E-state index is 12.4. The van der Waals surface area contributed by atoms with Gasteiger partial charge in [-0.2, -0.15) is 5.26 Å². The van der Waals surface area contributed by atoms with Crippen molar-refractivity contribution >= 4 is 28.9 Å². The van der Waals surface area contributed by atoms with Gasteiger partial charge < -0.3 is 10.2 Å². The molecular formula is C17H15ClN4O. The highest BCUT2D eigenvalue weighted by atomic mass is 35.5. The molecule has 0 saturated carbocycles. The second-order valence-corrected chi connectivity index (χ2v) is 5.81. The van der Waals surface area contributed by atoms with Crippen LogP contribution in [0.15, 0.2) is 42.7 Å². The summed E-state index contributed by atoms with van der Waals surface area (Å²) in [7, 11) is 0. The van der Waals surface area contributed by atoms with Crippen LogP contribution in [0.4, 0.5) is 11.4 Å². The van der Waals surface area contributed by atoms with Crippen LogP contribution in [0.3, 0.4) is 0 Å². The van der Waals surface area contributed by atoms with E-state index in [0.29, 0.717) is 22.8 Å². The van der Waals surface area contributed by atoms with E-state index >= 15 is 0 Å². The van der Waals surface area contributed by atoms with Gasteiger partial charge in [0.15, 0.2) is 0 Å². The summed E-state index contributed by atoms with van der Waals surface area (Å²) < 4.78 is 0. The summed E-state index contributed by atoms with van der Waals surface area (Å²) in [6.07, 6.45) is 3.76. The minimum atomic E-state index is -0.133. The number of hydrogen-bond donors (Lipinski definition) is 1. The Hall–Kier alpha value is -2.58. The number of amides is 1. The molecule has 2 aromatic rings. The number of halogens is 1. The molecule has 1 aliphatic heterocycles. The van der Waals surface area contributed by atoms with E-state index in [1.54, 1.807) is 12.3 Å². The first kappa shape index (κ1) is 15.3. The maximum absolute atomic E-state index is 12.4. The normalized spacial score (nSPS) is 16.9. The van der Waals surface area contributed by atoms with Gasteiger partial charge in [-0.1, -0.05) is 23.7 Å². The summed E-state index contributed by atoms with van der Waals surface area (Å²) in [5, 5.41) is 12.6. The number of nitriles is 1. The molecular weight excluding hydrogens is 312 g/mol. The van der Waals surface area contributed by atoms with Crippen molar-refractivity contribution in [1.29, 1.82) is 5.26 Å². The monoisotopic (exact) mass is 326 g/mol. The number of carbonyl (C=O) groups is 1. The highest BCUT2D eigenvalue weighted by molar-refractivity contribution is 6.33. The highest BCUT2D eigenvalue weighted by Crippen LogP contribution is 2.30. The molecule has 6 heteroatoms. The van der Waals surface area contributed by atoms with Gasteiger partial charge in [0.1, 0.15) is 6.07 Å². The molecule has 1 atom stereocenters. The third-order valence-corrected chi connectivity index (χ3v) is 4.27. The van der Waals surface area contributed by atoms with Crippen LogP contribution in [0.2, 0.25) is 5.02 Å². The number of hydrogen-bond acceptors (Lipinski definition) is 4. The molecule has 116 valence electrons. The van der Waals surface area contributed by atoms with E-state index in [9.17, 15) is 4.79 Å². The average molecular weight is 327 g/mol. The number of carbonyl (C=O) groups excluding carboxylic acids is 1. The second kappa shape index (κ2) is 6.67. The zero-order chi connectivity index (χ0) is 16.2. The highest BCUT2D eigenvalue weighted by Gasteiger charge is 2.29. The molecule has 1 N–H and O–H groups in total. The third kappa shape index (κ3) is 3.27. The maximum Gasteiger partial charge on any atom is 0.229 e. The van der Waals surface area contributed by atoms with Gasteiger partial charge in [0.25, 0.3) is 0 Å². The predicted octanol–water partition coefficient (Wildman–Crippen LogP) is 3.07. The molecule has 0 aliphatic carbocycles. The minimum absolute atomic E-state index is 0.0812. The molecule has 1 unspecified atom stereocenters. The van der Waals surface area contributed by atoms with Crippen molar-refractivity contribution in [2.45, 2.75) is 6.42 Å². The number of pyridine rings is 1. The molecule has 1 saturated heterocycles. The predicted molar refractivity (Wildman–Crippen MR) is 89.4 cm³/mol. The van der Waals surface area contributed by atoms with E-state index in [1.165, 1.54) is 6.20 Å². The van der Waals surface area contributed by atoms with Crippen LogP contribution in [-0.2, 0) is 4.79 Å². The molecule has 0 radical (unpaired) electrons. The van der Waals surface area contributed by atoms with Gasteiger partial charge in [0.2, 0.25) is 5.91 Å². The van der Waals surface area contributed by atoms with Crippen molar-refractivity contribution < 1.29 is 4.79 Å². The van der Waals surface area contributed by atoms with Crippen molar-refractivity contribution in [2.24, 2.45) is 5.92 Å². The fourth-order valence-electron chi connectivity index (χ4n) is 2.73. The van der Waals surface area contributed by atoms with Crippen LogP contribution in [0.5, 0.6) is 0 Å². The van der Waals surface area contributed by atoms with Crippen LogP contribution < -0.4 is 10.2 Å². The molecule has 23 heavy (non-hydrogen) atoms. The van der Waals surface area contributed by atoms with Crippen LogP contribution in [0.25, 0.3) is 0 Å². The Balaban J connectivity index is 1.69. The second-order valence-electron chi connectivity index (χ2n) is 5.41. The largest absolute Gasteiger partial charge is 0.370 e. The third-order valence-electron chi connectivity index (χ3n) is 3.95. The lowest BCUT2D eigenvalue weighted by Crippen LogP contribution is -2.27. The number of nitrogens with one attached hydrogen (secondary N) is 1. The molecule has 2 heterocycles. The molecule has 0 spiro atoms. The van der Waals surface area contributed by atoms with Crippen molar-refractivity contribution in [2.75, 3.05) is 23.3 Å². The standard InChI is InChI=1S/C17H15ClN4O/c18-14-3-1-2-4-16(14)22-8-6-12(11-22)17(23)21-15-5-7-20-10-13(15)9-19/h1-5,7,10,12H,6,8,11H2,(H,20,21,23). The van der Waals surface area contributed by atoms with Gasteiger partial charge in [0, 0.05) is 25.5 Å². The average Bonchev–Trinajstić information content (AvgIpc) is 3.05. The SMILES string of the molecule is N#Cc1cnccc1NC(=O)C1CCN(c2ccccc2Cl)C1. The Morgan fingerprint density at radius 3 is 3.00 bits per heavy atom. The quantitative estimate of drug-likeness (QED) is 0.941. The van der Waals surface area contributed by atoms with Crippen molar-refractivity contribution in [3.8, 4) is 6.07 Å². The van der Waals surface area contributed by atoms with Crippen LogP contribution >= 0.6 is 11.6 Å². The van der Waals surface area contributed by atoms with E-state index in [4.69, 9.17) is 16.9 Å². The Kier molecular flexibility index (Phi) is 4.45. The number of aromatic nitrogens is 1. The molecule has 5 nitrogen and oxygen atoms in total. The lowest BCUT2D eigenvalue weighted by atomic mass is 10.1. The summed E-state index contributed by atoms with van der Waals surface area (Å²) in [6.45, 7) is 1.39. The molecule has 1 aromatic heterocycles. The first-order chi connectivity index (χ1) is 11.2. The van der Waals surface area contributed by atoms with Crippen LogP contribution in [-0.4, -0.2) is 24.0 Å². The van der Waals surface area contributed by atoms with Gasteiger partial charge in [-0.3, -0.25) is 9.78 Å². The molecule has 1 aliphatic rings. The molecule has 3 rings (SSSR count).